The number of imidazole rings is 1. The largest absolute Gasteiger partial charge is 0.481 e. The van der Waals surface area contributed by atoms with Crippen LogP contribution in [0.5, 0.6) is 0 Å². The van der Waals surface area contributed by atoms with E-state index in [2.05, 4.69) is 26.7 Å². The van der Waals surface area contributed by atoms with Crippen LogP contribution in [-0.4, -0.2) is 31.4 Å². The number of hydrogen-bond donors (Lipinski definition) is 1. The van der Waals surface area contributed by atoms with Crippen molar-refractivity contribution in [2.45, 2.75) is 30.5 Å². The molecule has 0 aliphatic heterocycles. The van der Waals surface area contributed by atoms with Crippen LogP contribution in [0.3, 0.4) is 0 Å². The molecule has 104 valence electrons. The quantitative estimate of drug-likeness (QED) is 0.692. The summed E-state index contributed by atoms with van der Waals surface area (Å²) in [4.78, 5) is 19.4. The van der Waals surface area contributed by atoms with Crippen LogP contribution in [0.15, 0.2) is 35.8 Å². The molecule has 1 unspecified atom stereocenters. The maximum atomic E-state index is 10.8. The van der Waals surface area contributed by atoms with E-state index in [-0.39, 0.29) is 5.75 Å². The monoisotopic (exact) mass is 289 g/mol. The molecule has 1 N–H and O–H groups in total. The highest BCUT2D eigenvalue weighted by Crippen LogP contribution is 2.33. The van der Waals surface area contributed by atoms with E-state index in [1.54, 1.807) is 12.4 Å². The highest BCUT2D eigenvalue weighted by atomic mass is 32.2. The molecule has 0 saturated carbocycles. The van der Waals surface area contributed by atoms with E-state index in [4.69, 9.17) is 5.11 Å². The summed E-state index contributed by atoms with van der Waals surface area (Å²) >= 11 is 1.27. The number of fused-ring (bicyclic) bond motifs is 1. The first-order valence-corrected chi connectivity index (χ1v) is 7.56. The van der Waals surface area contributed by atoms with Gasteiger partial charge in [-0.25, -0.2) is 4.98 Å². The first kappa shape index (κ1) is 13.2. The first-order chi connectivity index (χ1) is 9.75. The number of thioether (sulfide) groups is 1. The van der Waals surface area contributed by atoms with E-state index < -0.39 is 5.97 Å². The highest BCUT2D eigenvalue weighted by molar-refractivity contribution is 7.99. The van der Waals surface area contributed by atoms with Gasteiger partial charge in [-0.2, -0.15) is 0 Å². The van der Waals surface area contributed by atoms with E-state index in [1.165, 1.54) is 11.8 Å². The molecule has 3 rings (SSSR count). The number of pyridine rings is 1. The Morgan fingerprint density at radius 2 is 2.40 bits per heavy atom. The fraction of sp³-hybridized carbons (Fsp3) is 0.357. The summed E-state index contributed by atoms with van der Waals surface area (Å²) in [7, 11) is 0. The fourth-order valence-corrected chi connectivity index (χ4v) is 3.32. The molecule has 0 aromatic carbocycles. The van der Waals surface area contributed by atoms with Gasteiger partial charge < -0.3 is 9.67 Å². The molecule has 0 spiro atoms. The number of carbonyl (C=O) groups is 1. The van der Waals surface area contributed by atoms with Crippen LogP contribution >= 0.6 is 11.8 Å². The minimum absolute atomic E-state index is 0.0271. The molecule has 20 heavy (non-hydrogen) atoms. The number of nitrogens with zero attached hydrogens (tertiary/aromatic N) is 3. The Bertz CT molecular complexity index is 665. The van der Waals surface area contributed by atoms with Crippen molar-refractivity contribution < 1.29 is 9.90 Å². The van der Waals surface area contributed by atoms with Crippen molar-refractivity contribution in [1.29, 1.82) is 0 Å². The molecule has 0 saturated heterocycles. The van der Waals surface area contributed by atoms with Crippen LogP contribution < -0.4 is 0 Å². The van der Waals surface area contributed by atoms with E-state index in [1.807, 2.05) is 6.07 Å². The van der Waals surface area contributed by atoms with E-state index in [0.29, 0.717) is 6.04 Å². The Morgan fingerprint density at radius 1 is 1.50 bits per heavy atom. The van der Waals surface area contributed by atoms with Crippen molar-refractivity contribution in [1.82, 2.24) is 14.5 Å². The van der Waals surface area contributed by atoms with Gasteiger partial charge in [0.2, 0.25) is 0 Å². The number of carboxylic acids is 1. The Balaban J connectivity index is 2.02. The third-order valence-electron chi connectivity index (χ3n) is 3.39. The number of carboxylic acid groups (broad SMARTS) is 1. The van der Waals surface area contributed by atoms with Crippen molar-refractivity contribution >= 4 is 28.8 Å². The van der Waals surface area contributed by atoms with Gasteiger partial charge in [0.25, 0.3) is 0 Å². The number of aliphatic carboxylic acids is 1. The molecule has 6 heteroatoms. The third kappa shape index (κ3) is 2.56. The van der Waals surface area contributed by atoms with Crippen LogP contribution in [0.25, 0.3) is 11.0 Å². The summed E-state index contributed by atoms with van der Waals surface area (Å²) in [5, 5.41) is 9.64. The number of aromatic nitrogens is 3. The number of hydrogen-bond acceptors (Lipinski definition) is 4. The Morgan fingerprint density at radius 3 is 3.15 bits per heavy atom. The van der Waals surface area contributed by atoms with Crippen molar-refractivity contribution in [3.8, 4) is 0 Å². The van der Waals surface area contributed by atoms with Gasteiger partial charge in [0.05, 0.1) is 17.5 Å². The van der Waals surface area contributed by atoms with Gasteiger partial charge in [-0.1, -0.05) is 23.9 Å². The summed E-state index contributed by atoms with van der Waals surface area (Å²) < 4.78 is 2.17. The van der Waals surface area contributed by atoms with Gasteiger partial charge >= 0.3 is 5.97 Å². The summed E-state index contributed by atoms with van der Waals surface area (Å²) in [6.45, 7) is 0. The van der Waals surface area contributed by atoms with Crippen molar-refractivity contribution in [2.24, 2.45) is 0 Å². The predicted molar refractivity (Wildman–Crippen MR) is 77.9 cm³/mol. The minimum Gasteiger partial charge on any atom is -0.481 e. The molecular formula is C14H15N3O2S. The summed E-state index contributed by atoms with van der Waals surface area (Å²) in [5.74, 6) is -0.797. The molecule has 1 aliphatic carbocycles. The maximum Gasteiger partial charge on any atom is 0.313 e. The van der Waals surface area contributed by atoms with Crippen LogP contribution in [0.1, 0.15) is 25.3 Å². The topological polar surface area (TPSA) is 68.0 Å². The SMILES string of the molecule is O=C(O)CSc1nc2cnccc2n1C1CC=CCC1. The molecule has 0 bridgehead atoms. The smallest absolute Gasteiger partial charge is 0.313 e. The van der Waals surface area contributed by atoms with Crippen molar-refractivity contribution in [3.63, 3.8) is 0 Å². The lowest BCUT2D eigenvalue weighted by Gasteiger charge is -2.22. The molecule has 0 amide bonds. The molecule has 1 aliphatic rings. The standard InChI is InChI=1S/C14H15N3O2S/c18-13(19)9-20-14-16-11-8-15-7-6-12(11)17(14)10-4-2-1-3-5-10/h1-2,6-8,10H,3-5,9H2,(H,18,19). The average molecular weight is 289 g/mol. The Hall–Kier alpha value is -1.82. The van der Waals surface area contributed by atoms with Gasteiger partial charge in [-0.15, -0.1) is 0 Å². The van der Waals surface area contributed by atoms with Gasteiger partial charge in [-0.05, 0) is 25.3 Å². The van der Waals surface area contributed by atoms with Crippen LogP contribution in [0, 0.1) is 0 Å². The van der Waals surface area contributed by atoms with Gasteiger partial charge in [0.1, 0.15) is 5.52 Å². The summed E-state index contributed by atoms with van der Waals surface area (Å²) in [5.41, 5.74) is 1.86. The van der Waals surface area contributed by atoms with E-state index >= 15 is 0 Å². The fourth-order valence-electron chi connectivity index (χ4n) is 2.52. The second-order valence-electron chi connectivity index (χ2n) is 4.75. The molecule has 2 aromatic rings. The van der Waals surface area contributed by atoms with Gasteiger partial charge in [0.15, 0.2) is 5.16 Å². The van der Waals surface area contributed by atoms with Gasteiger partial charge in [0, 0.05) is 12.2 Å². The predicted octanol–water partition coefficient (Wildman–Crippen LogP) is 2.89. The number of rotatable bonds is 4. The average Bonchev–Trinajstić information content (AvgIpc) is 2.84. The molecule has 5 nitrogen and oxygen atoms in total. The summed E-state index contributed by atoms with van der Waals surface area (Å²) in [6, 6.07) is 2.30. The molecule has 1 atom stereocenters. The molecular weight excluding hydrogens is 274 g/mol. The van der Waals surface area contributed by atoms with Crippen LogP contribution in [0.2, 0.25) is 0 Å². The van der Waals surface area contributed by atoms with E-state index in [0.717, 1.165) is 35.5 Å². The Labute approximate surface area is 120 Å². The van der Waals surface area contributed by atoms with Crippen LogP contribution in [0.4, 0.5) is 0 Å². The normalized spacial score (nSPS) is 18.5. The lowest BCUT2D eigenvalue weighted by molar-refractivity contribution is -0.133. The second-order valence-corrected chi connectivity index (χ2v) is 5.69. The second kappa shape index (κ2) is 5.66. The first-order valence-electron chi connectivity index (χ1n) is 6.57. The minimum atomic E-state index is -0.824. The number of allylic oxidation sites excluding steroid dienone is 2. The van der Waals surface area contributed by atoms with Gasteiger partial charge in [-0.3, -0.25) is 9.78 Å². The van der Waals surface area contributed by atoms with Crippen molar-refractivity contribution in [2.75, 3.05) is 5.75 Å². The molecule has 0 radical (unpaired) electrons. The Kier molecular flexibility index (Phi) is 3.73. The lowest BCUT2D eigenvalue weighted by atomic mass is 10.0. The van der Waals surface area contributed by atoms with Crippen molar-refractivity contribution in [3.05, 3.63) is 30.6 Å². The molecule has 2 aromatic heterocycles. The van der Waals surface area contributed by atoms with E-state index in [9.17, 15) is 4.79 Å². The summed E-state index contributed by atoms with van der Waals surface area (Å²) in [6.07, 6.45) is 11.0. The zero-order valence-electron chi connectivity index (χ0n) is 10.9. The third-order valence-corrected chi connectivity index (χ3v) is 4.33. The zero-order valence-corrected chi connectivity index (χ0v) is 11.7. The molecule has 2 heterocycles. The van der Waals surface area contributed by atoms with Crippen LogP contribution in [-0.2, 0) is 4.79 Å². The highest BCUT2D eigenvalue weighted by Gasteiger charge is 2.20. The zero-order chi connectivity index (χ0) is 13.9. The molecule has 0 fully saturated rings. The lowest BCUT2D eigenvalue weighted by Crippen LogP contribution is -2.12. The maximum absolute atomic E-state index is 10.8.